The second kappa shape index (κ2) is 3.50. The molecule has 3 N–H and O–H groups in total. The van der Waals surface area contributed by atoms with Gasteiger partial charge < -0.3 is 6.15 Å². The highest BCUT2D eigenvalue weighted by molar-refractivity contribution is 5.67. The Bertz CT molecular complexity index is 302. The molecule has 1 aliphatic carbocycles. The van der Waals surface area contributed by atoms with Gasteiger partial charge in [-0.3, -0.25) is 4.98 Å². The highest BCUT2D eigenvalue weighted by Crippen LogP contribution is 2.24. The summed E-state index contributed by atoms with van der Waals surface area (Å²) in [5.41, 5.74) is 4.17. The minimum atomic E-state index is 0. The van der Waals surface area contributed by atoms with Crippen molar-refractivity contribution in [2.24, 2.45) is 0 Å². The van der Waals surface area contributed by atoms with Crippen LogP contribution < -0.4 is 6.15 Å². The molecule has 0 aliphatic heterocycles. The van der Waals surface area contributed by atoms with Crippen LogP contribution in [0.15, 0.2) is 24.5 Å². The van der Waals surface area contributed by atoms with Crippen LogP contribution in [0.5, 0.6) is 0 Å². The van der Waals surface area contributed by atoms with E-state index in [1.807, 2.05) is 12.4 Å². The lowest BCUT2D eigenvalue weighted by atomic mass is 9.94. The minimum absolute atomic E-state index is 0. The van der Waals surface area contributed by atoms with Gasteiger partial charge in [-0.05, 0) is 42.5 Å². The Kier molecular flexibility index (Phi) is 2.61. The Labute approximate surface area is 72.9 Å². The number of fused-ring (bicyclic) bond motifs is 1. The minimum Gasteiger partial charge on any atom is -0.344 e. The molecule has 0 bridgehead atoms. The third-order valence-electron chi connectivity index (χ3n) is 2.19. The molecule has 2 heteroatoms. The molecule has 2 rings (SSSR count). The van der Waals surface area contributed by atoms with E-state index >= 15 is 0 Å². The zero-order valence-corrected chi connectivity index (χ0v) is 7.38. The molecular formula is C10H14N2. The number of pyridine rings is 1. The Hall–Kier alpha value is -1.15. The van der Waals surface area contributed by atoms with Crippen molar-refractivity contribution < 1.29 is 0 Å². The molecular weight excluding hydrogens is 148 g/mol. The molecule has 64 valence electrons. The number of rotatable bonds is 0. The summed E-state index contributed by atoms with van der Waals surface area (Å²) < 4.78 is 0. The zero-order chi connectivity index (χ0) is 7.68. The monoisotopic (exact) mass is 162 g/mol. The molecule has 0 atom stereocenters. The molecule has 0 radical (unpaired) electrons. The van der Waals surface area contributed by atoms with Gasteiger partial charge in [0.25, 0.3) is 0 Å². The van der Waals surface area contributed by atoms with Crippen molar-refractivity contribution in [3.8, 4) is 0 Å². The van der Waals surface area contributed by atoms with E-state index in [0.29, 0.717) is 0 Å². The first-order chi connectivity index (χ1) is 5.38. The van der Waals surface area contributed by atoms with Crippen molar-refractivity contribution in [2.45, 2.75) is 19.8 Å². The zero-order valence-electron chi connectivity index (χ0n) is 7.38. The predicted octanol–water partition coefficient (Wildman–Crippen LogP) is 2.59. The Balaban J connectivity index is 0.000000720. The van der Waals surface area contributed by atoms with E-state index in [1.165, 1.54) is 23.1 Å². The second-order valence-corrected chi connectivity index (χ2v) is 2.96. The van der Waals surface area contributed by atoms with Crippen molar-refractivity contribution in [1.29, 1.82) is 0 Å². The Morgan fingerprint density at radius 2 is 2.25 bits per heavy atom. The van der Waals surface area contributed by atoms with Crippen LogP contribution in [0.25, 0.3) is 5.57 Å². The van der Waals surface area contributed by atoms with Crippen LogP contribution >= 0.6 is 0 Å². The average molecular weight is 162 g/mol. The summed E-state index contributed by atoms with van der Waals surface area (Å²) in [6, 6.07) is 2.10. The van der Waals surface area contributed by atoms with Crippen LogP contribution in [-0.4, -0.2) is 4.98 Å². The summed E-state index contributed by atoms with van der Waals surface area (Å²) in [6.07, 6.45) is 8.46. The summed E-state index contributed by atoms with van der Waals surface area (Å²) in [4.78, 5) is 4.11. The maximum atomic E-state index is 4.11. The normalized spacial score (nSPS) is 14.2. The average Bonchev–Trinajstić information content (AvgIpc) is 2.06. The fraction of sp³-hybridized carbons (Fsp3) is 0.300. The number of aromatic nitrogens is 1. The largest absolute Gasteiger partial charge is 0.344 e. The predicted molar refractivity (Wildman–Crippen MR) is 51.2 cm³/mol. The maximum absolute atomic E-state index is 4.11. The number of hydrogen-bond acceptors (Lipinski definition) is 2. The molecule has 0 spiro atoms. The van der Waals surface area contributed by atoms with Crippen LogP contribution in [0.2, 0.25) is 0 Å². The Morgan fingerprint density at radius 3 is 3.00 bits per heavy atom. The van der Waals surface area contributed by atoms with Gasteiger partial charge in [0.15, 0.2) is 0 Å². The number of allylic oxidation sites excluding steroid dienone is 2. The van der Waals surface area contributed by atoms with E-state index in [-0.39, 0.29) is 6.15 Å². The second-order valence-electron chi connectivity index (χ2n) is 2.96. The lowest BCUT2D eigenvalue weighted by Crippen LogP contribution is -1.97. The van der Waals surface area contributed by atoms with Gasteiger partial charge in [-0.15, -0.1) is 0 Å². The molecule has 0 amide bonds. The molecule has 2 nitrogen and oxygen atoms in total. The molecule has 0 saturated heterocycles. The molecule has 0 unspecified atom stereocenters. The van der Waals surface area contributed by atoms with Crippen molar-refractivity contribution in [1.82, 2.24) is 11.1 Å². The van der Waals surface area contributed by atoms with Crippen LogP contribution in [-0.2, 0) is 6.42 Å². The van der Waals surface area contributed by atoms with Gasteiger partial charge in [0.1, 0.15) is 0 Å². The first-order valence-corrected chi connectivity index (χ1v) is 3.98. The topological polar surface area (TPSA) is 47.9 Å². The highest BCUT2D eigenvalue weighted by atomic mass is 14.6. The van der Waals surface area contributed by atoms with Crippen molar-refractivity contribution in [3.05, 3.63) is 35.7 Å². The molecule has 0 aromatic carbocycles. The SMILES string of the molecule is CC1=CCCc2cnccc21.N. The fourth-order valence-electron chi connectivity index (χ4n) is 1.57. The van der Waals surface area contributed by atoms with E-state index in [9.17, 15) is 0 Å². The maximum Gasteiger partial charge on any atom is 0.0306 e. The smallest absolute Gasteiger partial charge is 0.0306 e. The molecule has 12 heavy (non-hydrogen) atoms. The van der Waals surface area contributed by atoms with E-state index in [4.69, 9.17) is 0 Å². The Morgan fingerprint density at radius 1 is 1.42 bits per heavy atom. The van der Waals surface area contributed by atoms with Crippen molar-refractivity contribution in [3.63, 3.8) is 0 Å². The van der Waals surface area contributed by atoms with Crippen molar-refractivity contribution >= 4 is 5.57 Å². The first-order valence-electron chi connectivity index (χ1n) is 3.98. The number of hydrogen-bond donors (Lipinski definition) is 1. The summed E-state index contributed by atoms with van der Waals surface area (Å²) in [7, 11) is 0. The van der Waals surface area contributed by atoms with Crippen LogP contribution in [0, 0.1) is 0 Å². The lowest BCUT2D eigenvalue weighted by molar-refractivity contribution is 0.961. The third kappa shape index (κ3) is 1.38. The van der Waals surface area contributed by atoms with E-state index < -0.39 is 0 Å². The van der Waals surface area contributed by atoms with Gasteiger partial charge in [0.05, 0.1) is 0 Å². The van der Waals surface area contributed by atoms with Gasteiger partial charge in [0.2, 0.25) is 0 Å². The van der Waals surface area contributed by atoms with Crippen LogP contribution in [0.3, 0.4) is 0 Å². The fourth-order valence-corrected chi connectivity index (χ4v) is 1.57. The third-order valence-corrected chi connectivity index (χ3v) is 2.19. The van der Waals surface area contributed by atoms with Crippen molar-refractivity contribution in [2.75, 3.05) is 0 Å². The lowest BCUT2D eigenvalue weighted by Gasteiger charge is -2.13. The van der Waals surface area contributed by atoms with Gasteiger partial charge in [-0.2, -0.15) is 0 Å². The molecule has 0 saturated carbocycles. The van der Waals surface area contributed by atoms with E-state index in [0.717, 1.165) is 6.42 Å². The number of nitrogens with zero attached hydrogens (tertiary/aromatic N) is 1. The molecule has 0 fully saturated rings. The summed E-state index contributed by atoms with van der Waals surface area (Å²) in [5.74, 6) is 0. The van der Waals surface area contributed by atoms with E-state index in [1.54, 1.807) is 0 Å². The summed E-state index contributed by atoms with van der Waals surface area (Å²) in [5, 5.41) is 0. The summed E-state index contributed by atoms with van der Waals surface area (Å²) >= 11 is 0. The highest BCUT2D eigenvalue weighted by Gasteiger charge is 2.07. The molecule has 1 heterocycles. The van der Waals surface area contributed by atoms with Crippen LogP contribution in [0.4, 0.5) is 0 Å². The first kappa shape index (κ1) is 8.94. The standard InChI is InChI=1S/C10H11N.H3N/c1-8-3-2-4-9-7-11-6-5-10(8)9;/h3,5-7H,2,4H2,1H3;1H3. The number of aryl methyl sites for hydroxylation is 1. The quantitative estimate of drug-likeness (QED) is 0.637. The molecule has 1 aliphatic rings. The van der Waals surface area contributed by atoms with Gasteiger partial charge >= 0.3 is 0 Å². The van der Waals surface area contributed by atoms with E-state index in [2.05, 4.69) is 24.1 Å². The van der Waals surface area contributed by atoms with Gasteiger partial charge in [-0.25, -0.2) is 0 Å². The van der Waals surface area contributed by atoms with Crippen LogP contribution in [0.1, 0.15) is 24.5 Å². The molecule has 1 aromatic heterocycles. The molecule has 1 aromatic rings. The summed E-state index contributed by atoms with van der Waals surface area (Å²) in [6.45, 7) is 2.16. The van der Waals surface area contributed by atoms with Gasteiger partial charge in [-0.1, -0.05) is 6.08 Å². The van der Waals surface area contributed by atoms with Gasteiger partial charge in [0, 0.05) is 12.4 Å².